The lowest BCUT2D eigenvalue weighted by atomic mass is 9.92. The number of aliphatic hydroxyl groups excluding tert-OH is 1. The van der Waals surface area contributed by atoms with Crippen molar-refractivity contribution < 1.29 is 28.9 Å². The first-order valence-corrected chi connectivity index (χ1v) is 10.4. The summed E-state index contributed by atoms with van der Waals surface area (Å²) in [6.07, 6.45) is 0.538. The van der Waals surface area contributed by atoms with E-state index in [1.807, 2.05) is 32.0 Å². The zero-order valence-electron chi connectivity index (χ0n) is 19.1. The minimum Gasteiger partial charge on any atom is -0.507 e. The van der Waals surface area contributed by atoms with Gasteiger partial charge in [0.05, 0.1) is 25.8 Å². The minimum atomic E-state index is -0.822. The van der Waals surface area contributed by atoms with E-state index in [1.54, 1.807) is 25.3 Å². The van der Waals surface area contributed by atoms with Gasteiger partial charge >= 0.3 is 0 Å². The van der Waals surface area contributed by atoms with Gasteiger partial charge in [-0.05, 0) is 38.0 Å². The fourth-order valence-corrected chi connectivity index (χ4v) is 4.08. The van der Waals surface area contributed by atoms with Crippen molar-refractivity contribution in [2.24, 2.45) is 0 Å². The van der Waals surface area contributed by atoms with Crippen molar-refractivity contribution in [1.82, 2.24) is 4.90 Å². The van der Waals surface area contributed by atoms with Crippen LogP contribution >= 0.6 is 0 Å². The van der Waals surface area contributed by atoms with E-state index in [1.165, 1.54) is 19.1 Å². The van der Waals surface area contributed by atoms with Crippen molar-refractivity contribution in [1.29, 1.82) is 0 Å². The summed E-state index contributed by atoms with van der Waals surface area (Å²) in [7, 11) is 4.60. The zero-order valence-corrected chi connectivity index (χ0v) is 19.1. The van der Waals surface area contributed by atoms with Crippen molar-refractivity contribution in [3.8, 4) is 11.5 Å². The molecule has 2 aromatic rings. The third-order valence-corrected chi connectivity index (χ3v) is 5.66. The molecule has 170 valence electrons. The van der Waals surface area contributed by atoms with Crippen LogP contribution in [-0.2, 0) is 14.3 Å². The summed E-state index contributed by atoms with van der Waals surface area (Å²) in [4.78, 5) is 27.7. The molecule has 7 nitrogen and oxygen atoms in total. The maximum absolute atomic E-state index is 13.2. The molecule has 1 saturated heterocycles. The second-order valence-electron chi connectivity index (χ2n) is 7.74. The Labute approximate surface area is 188 Å². The number of methoxy groups -OCH3 is 3. The quantitative estimate of drug-likeness (QED) is 0.292. The second-order valence-corrected chi connectivity index (χ2v) is 7.74. The molecule has 7 heteroatoms. The van der Waals surface area contributed by atoms with E-state index in [-0.39, 0.29) is 17.9 Å². The van der Waals surface area contributed by atoms with Crippen molar-refractivity contribution in [3.63, 3.8) is 0 Å². The van der Waals surface area contributed by atoms with E-state index < -0.39 is 17.7 Å². The summed E-state index contributed by atoms with van der Waals surface area (Å²) >= 11 is 0. The predicted octanol–water partition coefficient (Wildman–Crippen LogP) is 3.78. The van der Waals surface area contributed by atoms with Gasteiger partial charge in [0, 0.05) is 31.4 Å². The van der Waals surface area contributed by atoms with E-state index in [0.29, 0.717) is 35.7 Å². The third kappa shape index (κ3) is 4.21. The Morgan fingerprint density at radius 1 is 1.06 bits per heavy atom. The van der Waals surface area contributed by atoms with Gasteiger partial charge < -0.3 is 24.2 Å². The van der Waals surface area contributed by atoms with Crippen molar-refractivity contribution in [2.75, 3.05) is 34.5 Å². The molecule has 0 radical (unpaired) electrons. The number of nitrogens with zero attached hydrogens (tertiary/aromatic N) is 1. The van der Waals surface area contributed by atoms with Crippen LogP contribution in [0.2, 0.25) is 0 Å². The zero-order chi connectivity index (χ0) is 23.4. The van der Waals surface area contributed by atoms with E-state index in [9.17, 15) is 14.7 Å². The first-order chi connectivity index (χ1) is 15.3. The number of amides is 1. The molecule has 1 heterocycles. The van der Waals surface area contributed by atoms with Crippen LogP contribution in [0.3, 0.4) is 0 Å². The van der Waals surface area contributed by atoms with Gasteiger partial charge in [0.25, 0.3) is 11.7 Å². The molecule has 0 aromatic heterocycles. The number of likely N-dealkylation sites (tertiary alicyclic amines) is 1. The number of aliphatic hydroxyl groups is 1. The Morgan fingerprint density at radius 2 is 1.81 bits per heavy atom. The molecule has 1 aliphatic heterocycles. The molecule has 1 fully saturated rings. The molecule has 1 atom stereocenters. The number of hydrogen-bond acceptors (Lipinski definition) is 6. The normalized spacial score (nSPS) is 17.7. The third-order valence-electron chi connectivity index (χ3n) is 5.66. The Hall–Kier alpha value is -3.32. The van der Waals surface area contributed by atoms with Gasteiger partial charge in [-0.1, -0.05) is 29.8 Å². The minimum absolute atomic E-state index is 0.0349. The molecule has 32 heavy (non-hydrogen) atoms. The highest BCUT2D eigenvalue weighted by molar-refractivity contribution is 6.46. The molecule has 0 aliphatic carbocycles. The maximum atomic E-state index is 13.2. The van der Waals surface area contributed by atoms with Gasteiger partial charge in [0.1, 0.15) is 5.76 Å². The molecule has 1 amide bonds. The van der Waals surface area contributed by atoms with Crippen LogP contribution in [0, 0.1) is 13.8 Å². The summed E-state index contributed by atoms with van der Waals surface area (Å²) in [5, 5.41) is 11.3. The van der Waals surface area contributed by atoms with Gasteiger partial charge in [-0.2, -0.15) is 0 Å². The lowest BCUT2D eigenvalue weighted by molar-refractivity contribution is -0.140. The van der Waals surface area contributed by atoms with E-state index >= 15 is 0 Å². The van der Waals surface area contributed by atoms with Gasteiger partial charge in [0.15, 0.2) is 11.5 Å². The molecule has 1 aliphatic rings. The number of rotatable bonds is 8. The fraction of sp³-hybridized carbons (Fsp3) is 0.360. The smallest absolute Gasteiger partial charge is 0.295 e. The topological polar surface area (TPSA) is 85.3 Å². The van der Waals surface area contributed by atoms with Crippen LogP contribution in [-0.4, -0.2) is 56.2 Å². The molecule has 0 saturated carbocycles. The molecule has 0 bridgehead atoms. The largest absolute Gasteiger partial charge is 0.507 e. The van der Waals surface area contributed by atoms with Crippen LogP contribution in [0.25, 0.3) is 5.76 Å². The van der Waals surface area contributed by atoms with Gasteiger partial charge in [-0.15, -0.1) is 0 Å². The number of para-hydroxylation sites is 1. The van der Waals surface area contributed by atoms with E-state index in [4.69, 9.17) is 14.2 Å². The average molecular weight is 440 g/mol. The van der Waals surface area contributed by atoms with Crippen LogP contribution in [0.5, 0.6) is 11.5 Å². The number of ether oxygens (including phenoxy) is 3. The molecule has 2 aromatic carbocycles. The molecular formula is C25H29NO6. The molecule has 1 unspecified atom stereocenters. The number of Topliss-reactive ketones (excluding diaryl/α,β-unsaturated/α-hetero) is 1. The van der Waals surface area contributed by atoms with Crippen molar-refractivity contribution in [3.05, 3.63) is 64.2 Å². The first-order valence-electron chi connectivity index (χ1n) is 10.4. The molecule has 0 spiro atoms. The molecule has 3 rings (SSSR count). The summed E-state index contributed by atoms with van der Waals surface area (Å²) < 4.78 is 16.2. The lowest BCUT2D eigenvalue weighted by Gasteiger charge is -2.27. The Kier molecular flexibility index (Phi) is 7.20. The van der Waals surface area contributed by atoms with Crippen molar-refractivity contribution >= 4 is 17.4 Å². The Bertz CT molecular complexity index is 1060. The van der Waals surface area contributed by atoms with Crippen LogP contribution in [0.1, 0.15) is 34.7 Å². The van der Waals surface area contributed by atoms with Gasteiger partial charge in [-0.25, -0.2) is 0 Å². The fourth-order valence-electron chi connectivity index (χ4n) is 4.08. The lowest BCUT2D eigenvalue weighted by Crippen LogP contribution is -2.31. The highest BCUT2D eigenvalue weighted by atomic mass is 16.5. The monoisotopic (exact) mass is 439 g/mol. The van der Waals surface area contributed by atoms with Crippen LogP contribution in [0.4, 0.5) is 0 Å². The maximum Gasteiger partial charge on any atom is 0.295 e. The summed E-state index contributed by atoms with van der Waals surface area (Å²) in [6, 6.07) is 10.1. The van der Waals surface area contributed by atoms with Crippen molar-refractivity contribution in [2.45, 2.75) is 26.3 Å². The van der Waals surface area contributed by atoms with Gasteiger partial charge in [0.2, 0.25) is 0 Å². The van der Waals surface area contributed by atoms with Crippen LogP contribution in [0.15, 0.2) is 42.0 Å². The van der Waals surface area contributed by atoms with Gasteiger partial charge in [-0.3, -0.25) is 9.59 Å². The summed E-state index contributed by atoms with van der Waals surface area (Å²) in [5.74, 6) is -0.711. The van der Waals surface area contributed by atoms with E-state index in [0.717, 1.165) is 11.1 Å². The molecular weight excluding hydrogens is 410 g/mol. The Balaban J connectivity index is 2.26. The Morgan fingerprint density at radius 3 is 2.47 bits per heavy atom. The van der Waals surface area contributed by atoms with Crippen LogP contribution < -0.4 is 9.47 Å². The summed E-state index contributed by atoms with van der Waals surface area (Å²) in [6.45, 7) is 4.47. The number of ketones is 1. The second kappa shape index (κ2) is 9.87. The average Bonchev–Trinajstić information content (AvgIpc) is 3.04. The highest BCUT2D eigenvalue weighted by Crippen LogP contribution is 2.45. The standard InChI is InChI=1S/C25H29NO6/c1-15-10-11-16(2)18(14-15)22(27)20-21(17-8-6-9-19(31-4)24(17)32-5)26(12-7-13-30-3)25(29)23(20)28/h6,8-11,14,21,27H,7,12-13H2,1-5H3/b22-20+. The summed E-state index contributed by atoms with van der Waals surface area (Å²) in [5.41, 5.74) is 2.85. The number of carbonyl (C=O) groups is 2. The number of hydrogen-bond donors (Lipinski definition) is 1. The predicted molar refractivity (Wildman–Crippen MR) is 121 cm³/mol. The first kappa shape index (κ1) is 23.3. The number of aryl methyl sites for hydroxylation is 2. The number of benzene rings is 2. The number of carbonyl (C=O) groups excluding carboxylic acids is 2. The SMILES string of the molecule is COCCCN1C(=O)C(=O)/C(=C(/O)c2cc(C)ccc2C)C1c1cccc(OC)c1OC. The molecule has 1 N–H and O–H groups in total. The van der Waals surface area contributed by atoms with E-state index in [2.05, 4.69) is 0 Å². The highest BCUT2D eigenvalue weighted by Gasteiger charge is 2.47.